The molecule has 0 spiro atoms. The molecule has 0 aliphatic carbocycles. The van der Waals surface area contributed by atoms with Crippen LogP contribution in [0, 0.1) is 0 Å². The van der Waals surface area contributed by atoms with Crippen molar-refractivity contribution in [2.45, 2.75) is 31.0 Å². The zero-order chi connectivity index (χ0) is 20.1. The van der Waals surface area contributed by atoms with E-state index in [1.807, 2.05) is 47.9 Å². The van der Waals surface area contributed by atoms with Crippen LogP contribution in [-0.4, -0.2) is 50.5 Å². The van der Waals surface area contributed by atoms with Gasteiger partial charge in [-0.3, -0.25) is 14.3 Å². The van der Waals surface area contributed by atoms with Crippen LogP contribution in [-0.2, 0) is 4.79 Å². The minimum atomic E-state index is -0.0397. The molecule has 1 aliphatic rings. The minimum absolute atomic E-state index is 0.0397. The highest BCUT2D eigenvalue weighted by Crippen LogP contribution is 2.29. The number of carbonyl (C=O) groups excluding carboxylic acids is 1. The average molecular weight is 410 g/mol. The predicted molar refractivity (Wildman–Crippen MR) is 113 cm³/mol. The smallest absolute Gasteiger partial charge is 0.196 e. The molecule has 1 aliphatic heterocycles. The second-order valence-electron chi connectivity index (χ2n) is 6.71. The summed E-state index contributed by atoms with van der Waals surface area (Å²) < 4.78 is 7.52. The van der Waals surface area contributed by atoms with Crippen LogP contribution in [0.25, 0.3) is 17.1 Å². The fraction of sp³-hybridized carbons (Fsp3) is 0.333. The van der Waals surface area contributed by atoms with Crippen molar-refractivity contribution in [2.24, 2.45) is 0 Å². The second kappa shape index (κ2) is 9.19. The van der Waals surface area contributed by atoms with Crippen molar-refractivity contribution in [3.8, 4) is 22.8 Å². The van der Waals surface area contributed by atoms with Crippen LogP contribution in [0.15, 0.2) is 53.9 Å². The average Bonchev–Trinajstić information content (AvgIpc) is 3.44. The molecule has 0 amide bonds. The van der Waals surface area contributed by atoms with Crippen LogP contribution in [0.2, 0.25) is 0 Å². The van der Waals surface area contributed by atoms with Crippen molar-refractivity contribution in [2.75, 3.05) is 18.9 Å². The van der Waals surface area contributed by atoms with Crippen molar-refractivity contribution >= 4 is 17.5 Å². The van der Waals surface area contributed by atoms with Crippen LogP contribution in [0.1, 0.15) is 19.8 Å². The topological polar surface area (TPSA) is 81.9 Å². The number of hydrogen-bond acceptors (Lipinski definition) is 7. The number of Topliss-reactive ketones (excluding diaryl/α,β-unsaturated/α-hetero) is 1. The molecule has 3 heterocycles. The van der Waals surface area contributed by atoms with Crippen molar-refractivity contribution in [1.82, 2.24) is 25.1 Å². The van der Waals surface area contributed by atoms with E-state index >= 15 is 0 Å². The zero-order valence-corrected chi connectivity index (χ0v) is 17.1. The zero-order valence-electron chi connectivity index (χ0n) is 16.2. The third kappa shape index (κ3) is 4.49. The number of carbonyl (C=O) groups is 1. The van der Waals surface area contributed by atoms with Crippen LogP contribution in [0.4, 0.5) is 0 Å². The van der Waals surface area contributed by atoms with Gasteiger partial charge < -0.3 is 10.1 Å². The first-order valence-corrected chi connectivity index (χ1v) is 10.7. The molecule has 150 valence electrons. The number of rotatable bonds is 8. The van der Waals surface area contributed by atoms with E-state index in [0.29, 0.717) is 23.3 Å². The molecule has 1 fully saturated rings. The number of aromatic nitrogens is 4. The van der Waals surface area contributed by atoms with E-state index in [-0.39, 0.29) is 11.8 Å². The Morgan fingerprint density at radius 2 is 2.14 bits per heavy atom. The van der Waals surface area contributed by atoms with Crippen LogP contribution in [0.5, 0.6) is 5.75 Å². The van der Waals surface area contributed by atoms with E-state index in [1.54, 1.807) is 12.4 Å². The van der Waals surface area contributed by atoms with Crippen LogP contribution in [0.3, 0.4) is 0 Å². The van der Waals surface area contributed by atoms with Crippen LogP contribution >= 0.6 is 11.8 Å². The minimum Gasteiger partial charge on any atom is -0.494 e. The van der Waals surface area contributed by atoms with Crippen molar-refractivity contribution < 1.29 is 9.53 Å². The van der Waals surface area contributed by atoms with Gasteiger partial charge in [0.25, 0.3) is 0 Å². The monoisotopic (exact) mass is 409 g/mol. The molecule has 1 saturated heterocycles. The van der Waals surface area contributed by atoms with Gasteiger partial charge in [0.1, 0.15) is 5.75 Å². The predicted octanol–water partition coefficient (Wildman–Crippen LogP) is 3.14. The molecule has 4 rings (SSSR count). The standard InChI is InChI=1S/C21H23N5O2S/c1-2-28-17-9-7-16(8-10-17)26-20(15-5-3-11-22-13-15)24-25-21(26)29-14-19(27)18-6-4-12-23-18/h3,5,7-11,13,18,23H,2,4,6,12,14H2,1H3. The van der Waals surface area contributed by atoms with Gasteiger partial charge in [0.15, 0.2) is 16.8 Å². The van der Waals surface area contributed by atoms with E-state index in [1.165, 1.54) is 11.8 Å². The van der Waals surface area contributed by atoms with Gasteiger partial charge in [-0.1, -0.05) is 11.8 Å². The highest BCUT2D eigenvalue weighted by Gasteiger charge is 2.23. The molecule has 0 bridgehead atoms. The molecule has 7 nitrogen and oxygen atoms in total. The lowest BCUT2D eigenvalue weighted by atomic mass is 10.2. The lowest BCUT2D eigenvalue weighted by Crippen LogP contribution is -2.32. The number of ketones is 1. The summed E-state index contributed by atoms with van der Waals surface area (Å²) in [6, 6.07) is 11.6. The van der Waals surface area contributed by atoms with Gasteiger partial charge in [-0.25, -0.2) is 0 Å². The van der Waals surface area contributed by atoms with E-state index in [9.17, 15) is 4.79 Å². The molecule has 3 aromatic rings. The summed E-state index contributed by atoms with van der Waals surface area (Å²) in [7, 11) is 0. The molecule has 1 atom stereocenters. The van der Waals surface area contributed by atoms with Gasteiger partial charge in [-0.05, 0) is 62.7 Å². The maximum atomic E-state index is 12.5. The highest BCUT2D eigenvalue weighted by atomic mass is 32.2. The maximum absolute atomic E-state index is 12.5. The summed E-state index contributed by atoms with van der Waals surface area (Å²) in [5.74, 6) is 2.07. The number of pyridine rings is 1. The molecule has 8 heteroatoms. The third-order valence-electron chi connectivity index (χ3n) is 4.75. The van der Waals surface area contributed by atoms with Crippen molar-refractivity contribution in [1.29, 1.82) is 0 Å². The Balaban J connectivity index is 1.64. The molecule has 2 aromatic heterocycles. The lowest BCUT2D eigenvalue weighted by molar-refractivity contribution is -0.118. The Kier molecular flexibility index (Phi) is 6.21. The molecule has 1 unspecified atom stereocenters. The molecule has 1 N–H and O–H groups in total. The SMILES string of the molecule is CCOc1ccc(-n2c(SCC(=O)C3CCCN3)nnc2-c2cccnc2)cc1. The maximum Gasteiger partial charge on any atom is 0.196 e. The Bertz CT molecular complexity index is 953. The first kappa shape index (κ1) is 19.6. The number of nitrogens with zero attached hydrogens (tertiary/aromatic N) is 4. The largest absolute Gasteiger partial charge is 0.494 e. The Labute approximate surface area is 173 Å². The molecular formula is C21H23N5O2S. The van der Waals surface area contributed by atoms with Crippen LogP contribution < -0.4 is 10.1 Å². The first-order chi connectivity index (χ1) is 14.3. The molecular weight excluding hydrogens is 386 g/mol. The third-order valence-corrected chi connectivity index (χ3v) is 5.70. The Hall–Kier alpha value is -2.71. The Morgan fingerprint density at radius 1 is 1.28 bits per heavy atom. The highest BCUT2D eigenvalue weighted by molar-refractivity contribution is 7.99. The number of ether oxygens (including phenoxy) is 1. The van der Waals surface area contributed by atoms with E-state index < -0.39 is 0 Å². The van der Waals surface area contributed by atoms with Gasteiger partial charge >= 0.3 is 0 Å². The van der Waals surface area contributed by atoms with Gasteiger partial charge in [0, 0.05) is 23.6 Å². The van der Waals surface area contributed by atoms with E-state index in [4.69, 9.17) is 4.74 Å². The summed E-state index contributed by atoms with van der Waals surface area (Å²) >= 11 is 1.41. The second-order valence-corrected chi connectivity index (χ2v) is 7.66. The number of nitrogens with one attached hydrogen (secondary N) is 1. The Morgan fingerprint density at radius 3 is 2.83 bits per heavy atom. The summed E-state index contributed by atoms with van der Waals surface area (Å²) in [6.07, 6.45) is 5.45. The van der Waals surface area contributed by atoms with Crippen molar-refractivity contribution in [3.05, 3.63) is 48.8 Å². The summed E-state index contributed by atoms with van der Waals surface area (Å²) in [4.78, 5) is 16.7. The van der Waals surface area contributed by atoms with Gasteiger partial charge in [0.05, 0.1) is 18.4 Å². The number of thioether (sulfide) groups is 1. The summed E-state index contributed by atoms with van der Waals surface area (Å²) in [5, 5.41) is 12.7. The van der Waals surface area contributed by atoms with E-state index in [2.05, 4.69) is 20.5 Å². The lowest BCUT2D eigenvalue weighted by Gasteiger charge is -2.12. The van der Waals surface area contributed by atoms with Gasteiger partial charge in [-0.2, -0.15) is 0 Å². The molecule has 0 saturated carbocycles. The number of hydrogen-bond donors (Lipinski definition) is 1. The first-order valence-electron chi connectivity index (χ1n) is 9.74. The van der Waals surface area contributed by atoms with E-state index in [0.717, 1.165) is 36.4 Å². The molecule has 29 heavy (non-hydrogen) atoms. The molecule has 0 radical (unpaired) electrons. The van der Waals surface area contributed by atoms with Gasteiger partial charge in [0.2, 0.25) is 0 Å². The summed E-state index contributed by atoms with van der Waals surface area (Å²) in [5.41, 5.74) is 1.77. The summed E-state index contributed by atoms with van der Waals surface area (Å²) in [6.45, 7) is 3.49. The quantitative estimate of drug-likeness (QED) is 0.572. The fourth-order valence-corrected chi connectivity index (χ4v) is 4.22. The molecule has 1 aromatic carbocycles. The van der Waals surface area contributed by atoms with Gasteiger partial charge in [-0.15, -0.1) is 10.2 Å². The number of benzene rings is 1. The normalized spacial score (nSPS) is 16.1. The van der Waals surface area contributed by atoms with Crippen molar-refractivity contribution in [3.63, 3.8) is 0 Å². The fourth-order valence-electron chi connectivity index (χ4n) is 3.33.